The van der Waals surface area contributed by atoms with Crippen LogP contribution in [0.15, 0.2) is 11.6 Å². The van der Waals surface area contributed by atoms with E-state index in [2.05, 4.69) is 20.3 Å². The molecule has 1 amide bonds. The van der Waals surface area contributed by atoms with Crippen LogP contribution in [0.4, 0.5) is 5.13 Å². The van der Waals surface area contributed by atoms with E-state index in [0.717, 1.165) is 0 Å². The number of halogens is 2. The maximum Gasteiger partial charge on any atom is 0.350 e. The average molecular weight is 530 g/mol. The highest BCUT2D eigenvalue weighted by molar-refractivity contribution is 7.18. The van der Waals surface area contributed by atoms with Crippen LogP contribution in [-0.4, -0.2) is 66.3 Å². The Labute approximate surface area is 208 Å². The lowest BCUT2D eigenvalue weighted by molar-refractivity contribution is 0.0540. The minimum absolute atomic E-state index is 0.200. The molecule has 0 radical (unpaired) electrons. The third kappa shape index (κ3) is 4.73. The van der Waals surface area contributed by atoms with Gasteiger partial charge >= 0.3 is 5.97 Å². The normalized spacial score (nSPS) is 18.4. The van der Waals surface area contributed by atoms with Crippen molar-refractivity contribution in [3.05, 3.63) is 37.9 Å². The van der Waals surface area contributed by atoms with Gasteiger partial charge in [-0.3, -0.25) is 4.79 Å². The van der Waals surface area contributed by atoms with E-state index in [1.807, 2.05) is 10.3 Å². The van der Waals surface area contributed by atoms with Crippen molar-refractivity contribution in [3.63, 3.8) is 0 Å². The number of carbonyl (C=O) groups excluding carboxylic acids is 2. The van der Waals surface area contributed by atoms with Crippen molar-refractivity contribution in [2.75, 3.05) is 32.2 Å². The van der Waals surface area contributed by atoms with Crippen LogP contribution in [0.3, 0.4) is 0 Å². The predicted molar refractivity (Wildman–Crippen MR) is 129 cm³/mol. The molecular weight excluding hydrogens is 509 g/mol. The van der Waals surface area contributed by atoms with Gasteiger partial charge in [0.1, 0.15) is 21.3 Å². The highest BCUT2D eigenvalue weighted by atomic mass is 35.5. The van der Waals surface area contributed by atoms with Crippen LogP contribution in [-0.2, 0) is 9.47 Å². The fourth-order valence-corrected chi connectivity index (χ4v) is 5.76. The van der Waals surface area contributed by atoms with Crippen LogP contribution in [0.5, 0.6) is 0 Å². The molecule has 13 heteroatoms. The van der Waals surface area contributed by atoms with Gasteiger partial charge in [0.05, 0.1) is 29.3 Å². The molecule has 0 aromatic carbocycles. The molecule has 2 atom stereocenters. The summed E-state index contributed by atoms with van der Waals surface area (Å²) in [5.41, 5.74) is 1.37. The molecule has 3 aromatic heterocycles. The van der Waals surface area contributed by atoms with Gasteiger partial charge in [-0.05, 0) is 13.3 Å². The van der Waals surface area contributed by atoms with Gasteiger partial charge in [0.25, 0.3) is 5.91 Å². The van der Waals surface area contributed by atoms with Crippen molar-refractivity contribution in [1.82, 2.24) is 20.3 Å². The van der Waals surface area contributed by atoms with E-state index in [9.17, 15) is 9.59 Å². The molecule has 1 fully saturated rings. The van der Waals surface area contributed by atoms with Crippen molar-refractivity contribution in [2.45, 2.75) is 25.5 Å². The topological polar surface area (TPSA) is 109 Å². The number of aromatic amines is 1. The molecule has 1 aliphatic rings. The third-order valence-electron chi connectivity index (χ3n) is 5.35. The zero-order valence-corrected chi connectivity index (χ0v) is 21.1. The molecule has 1 aliphatic heterocycles. The molecule has 9 nitrogen and oxygen atoms in total. The molecule has 0 saturated carbocycles. The summed E-state index contributed by atoms with van der Waals surface area (Å²) < 4.78 is 10.6. The standard InChI is InChI=1S/C20H21Cl2N5O4S2/c1-9-12(21)13(22)14(24-9)17(28)25-10-4-6-27(8-11(10)30-2)20-26-15(18-23-5-7-32-18)16(33-20)19(29)31-3/h5,7,10-11,24H,4,6,8H2,1-3H3,(H,25,28)/t10-,11+/m1/s1. The maximum absolute atomic E-state index is 12.8. The number of nitrogens with zero attached hydrogens (tertiary/aromatic N) is 3. The minimum Gasteiger partial charge on any atom is -0.465 e. The van der Waals surface area contributed by atoms with Crippen LogP contribution < -0.4 is 10.2 Å². The summed E-state index contributed by atoms with van der Waals surface area (Å²) in [7, 11) is 2.94. The van der Waals surface area contributed by atoms with E-state index in [1.54, 1.807) is 20.2 Å². The lowest BCUT2D eigenvalue weighted by Gasteiger charge is -2.37. The number of hydrogen-bond donors (Lipinski definition) is 2. The minimum atomic E-state index is -0.453. The van der Waals surface area contributed by atoms with Gasteiger partial charge in [-0.25, -0.2) is 14.8 Å². The number of methoxy groups -OCH3 is 2. The van der Waals surface area contributed by atoms with Gasteiger partial charge < -0.3 is 24.7 Å². The molecule has 33 heavy (non-hydrogen) atoms. The Balaban J connectivity index is 1.51. The number of carbonyl (C=O) groups is 2. The molecular formula is C20H21Cl2N5O4S2. The van der Waals surface area contributed by atoms with Crippen molar-refractivity contribution in [3.8, 4) is 10.7 Å². The van der Waals surface area contributed by atoms with Gasteiger partial charge in [-0.15, -0.1) is 11.3 Å². The quantitative estimate of drug-likeness (QED) is 0.464. The summed E-state index contributed by atoms with van der Waals surface area (Å²) in [5.74, 6) is -0.796. The fourth-order valence-electron chi connectivity index (χ4n) is 3.62. The Kier molecular flexibility index (Phi) is 7.25. The van der Waals surface area contributed by atoms with Crippen molar-refractivity contribution >= 4 is 62.9 Å². The van der Waals surface area contributed by atoms with Gasteiger partial charge in [-0.2, -0.15) is 0 Å². The van der Waals surface area contributed by atoms with Gasteiger partial charge in [0.2, 0.25) is 0 Å². The second-order valence-electron chi connectivity index (χ2n) is 7.34. The summed E-state index contributed by atoms with van der Waals surface area (Å²) in [6.45, 7) is 2.83. The second kappa shape index (κ2) is 9.98. The fraction of sp³-hybridized carbons (Fsp3) is 0.400. The first-order valence-corrected chi connectivity index (χ1v) is 12.4. The molecule has 0 unspecified atom stereocenters. The number of piperidine rings is 1. The molecule has 0 aliphatic carbocycles. The summed E-state index contributed by atoms with van der Waals surface area (Å²) in [5, 5.41) is 6.68. The van der Waals surface area contributed by atoms with Crippen LogP contribution in [0.1, 0.15) is 32.3 Å². The van der Waals surface area contributed by atoms with E-state index < -0.39 is 5.97 Å². The van der Waals surface area contributed by atoms with E-state index in [4.69, 9.17) is 32.7 Å². The highest BCUT2D eigenvalue weighted by Crippen LogP contribution is 2.36. The largest absolute Gasteiger partial charge is 0.465 e. The Morgan fingerprint density at radius 3 is 2.70 bits per heavy atom. The van der Waals surface area contributed by atoms with Crippen LogP contribution in [0.25, 0.3) is 10.7 Å². The molecule has 3 aromatic rings. The Bertz CT molecular complexity index is 1160. The number of thiazole rings is 2. The summed E-state index contributed by atoms with van der Waals surface area (Å²) in [6.07, 6.45) is 1.97. The Morgan fingerprint density at radius 2 is 2.09 bits per heavy atom. The predicted octanol–water partition coefficient (Wildman–Crippen LogP) is 4.02. The highest BCUT2D eigenvalue weighted by Gasteiger charge is 2.34. The summed E-state index contributed by atoms with van der Waals surface area (Å²) in [4.78, 5) is 39.4. The maximum atomic E-state index is 12.8. The molecule has 0 bridgehead atoms. The van der Waals surface area contributed by atoms with E-state index in [0.29, 0.717) is 50.9 Å². The van der Waals surface area contributed by atoms with Gasteiger partial charge in [-0.1, -0.05) is 34.5 Å². The number of nitrogens with one attached hydrogen (secondary N) is 2. The van der Waals surface area contributed by atoms with Gasteiger partial charge in [0.15, 0.2) is 5.13 Å². The lowest BCUT2D eigenvalue weighted by Crippen LogP contribution is -2.55. The van der Waals surface area contributed by atoms with E-state index >= 15 is 0 Å². The van der Waals surface area contributed by atoms with Crippen molar-refractivity contribution in [2.24, 2.45) is 0 Å². The first-order chi connectivity index (χ1) is 15.8. The number of rotatable bonds is 6. The van der Waals surface area contributed by atoms with E-state index in [1.165, 1.54) is 29.8 Å². The zero-order chi connectivity index (χ0) is 23.7. The summed E-state index contributed by atoms with van der Waals surface area (Å²) in [6, 6.07) is -0.240. The third-order valence-corrected chi connectivity index (χ3v) is 8.17. The van der Waals surface area contributed by atoms with Crippen LogP contribution in [0.2, 0.25) is 10.0 Å². The van der Waals surface area contributed by atoms with E-state index in [-0.39, 0.29) is 28.8 Å². The van der Waals surface area contributed by atoms with Crippen LogP contribution in [0, 0.1) is 6.92 Å². The first kappa shape index (κ1) is 24.0. The number of hydrogen-bond acceptors (Lipinski definition) is 9. The number of aromatic nitrogens is 3. The first-order valence-electron chi connectivity index (χ1n) is 9.95. The molecule has 4 heterocycles. The zero-order valence-electron chi connectivity index (χ0n) is 18.0. The molecule has 1 saturated heterocycles. The molecule has 4 rings (SSSR count). The molecule has 2 N–H and O–H groups in total. The number of aryl methyl sites for hydroxylation is 1. The number of H-pyrrole nitrogens is 1. The summed E-state index contributed by atoms with van der Waals surface area (Å²) >= 11 is 14.9. The van der Waals surface area contributed by atoms with Crippen molar-refractivity contribution < 1.29 is 19.1 Å². The Morgan fingerprint density at radius 1 is 1.30 bits per heavy atom. The number of ether oxygens (including phenoxy) is 2. The second-order valence-corrected chi connectivity index (χ2v) is 9.97. The smallest absolute Gasteiger partial charge is 0.350 e. The SMILES string of the molecule is COC(=O)c1sc(N2CC[C@@H](NC(=O)c3[nH]c(C)c(Cl)c3Cl)[C@@H](OC)C2)nc1-c1nccs1. The number of esters is 1. The molecule has 0 spiro atoms. The number of amides is 1. The monoisotopic (exact) mass is 529 g/mol. The molecule has 176 valence electrons. The van der Waals surface area contributed by atoms with Crippen LogP contribution >= 0.6 is 45.9 Å². The average Bonchev–Trinajstić information content (AvgIpc) is 3.55. The van der Waals surface area contributed by atoms with Gasteiger partial charge in [0, 0.05) is 37.5 Å². The lowest BCUT2D eigenvalue weighted by atomic mass is 10.0. The Hall–Kier alpha value is -2.18. The van der Waals surface area contributed by atoms with Crippen molar-refractivity contribution in [1.29, 1.82) is 0 Å². The number of anilines is 1.